The van der Waals surface area contributed by atoms with Crippen LogP contribution in [0.4, 0.5) is 5.69 Å². The maximum Gasteiger partial charge on any atom is 0.227 e. The van der Waals surface area contributed by atoms with E-state index in [-0.39, 0.29) is 5.91 Å². The van der Waals surface area contributed by atoms with Crippen LogP contribution in [0, 0.1) is 13.8 Å². The number of fused-ring (bicyclic) bond motifs is 1. The number of oxazole rings is 1. The fraction of sp³-hybridized carbons (Fsp3) is 0.176. The maximum absolute atomic E-state index is 11.1. The van der Waals surface area contributed by atoms with Gasteiger partial charge in [0.05, 0.1) is 0 Å². The van der Waals surface area contributed by atoms with E-state index in [0.29, 0.717) is 11.5 Å². The van der Waals surface area contributed by atoms with E-state index in [0.717, 1.165) is 16.8 Å². The van der Waals surface area contributed by atoms with Crippen molar-refractivity contribution in [1.82, 2.24) is 4.98 Å². The number of hydrogen-bond acceptors (Lipinski definition) is 3. The number of nitrogens with one attached hydrogen (secondary N) is 1. The van der Waals surface area contributed by atoms with Crippen molar-refractivity contribution in [3.8, 4) is 11.5 Å². The Morgan fingerprint density at radius 1 is 1.10 bits per heavy atom. The third kappa shape index (κ3) is 2.79. The number of benzene rings is 2. The van der Waals surface area contributed by atoms with Gasteiger partial charge in [0.2, 0.25) is 11.8 Å². The van der Waals surface area contributed by atoms with Crippen molar-refractivity contribution in [1.29, 1.82) is 0 Å². The van der Waals surface area contributed by atoms with Crippen molar-refractivity contribution >= 4 is 22.7 Å². The highest BCUT2D eigenvalue weighted by molar-refractivity contribution is 5.91. The van der Waals surface area contributed by atoms with Crippen LogP contribution in [0.15, 0.2) is 40.8 Å². The molecule has 4 nitrogen and oxygen atoms in total. The van der Waals surface area contributed by atoms with E-state index in [1.807, 2.05) is 38.1 Å². The molecule has 0 spiro atoms. The molecule has 0 saturated heterocycles. The van der Waals surface area contributed by atoms with Crippen LogP contribution in [0.25, 0.3) is 22.6 Å². The first-order valence-electron chi connectivity index (χ1n) is 6.78. The summed E-state index contributed by atoms with van der Waals surface area (Å²) in [5, 5.41) is 2.74. The lowest BCUT2D eigenvalue weighted by molar-refractivity contribution is -0.114. The Hall–Kier alpha value is -2.62. The van der Waals surface area contributed by atoms with E-state index in [1.165, 1.54) is 18.1 Å². The van der Waals surface area contributed by atoms with Gasteiger partial charge in [-0.25, -0.2) is 4.98 Å². The van der Waals surface area contributed by atoms with Gasteiger partial charge in [0.15, 0.2) is 5.58 Å². The standard InChI is InChI=1S/C17H16N2O2/c1-10-6-11(2)8-13(7-10)17-19-15-9-14(18-12(3)20)4-5-16(15)21-17/h4-9H,1-3H3,(H,18,20). The summed E-state index contributed by atoms with van der Waals surface area (Å²) in [4.78, 5) is 15.6. The van der Waals surface area contributed by atoms with Gasteiger partial charge >= 0.3 is 0 Å². The number of rotatable bonds is 2. The van der Waals surface area contributed by atoms with Gasteiger partial charge in [-0.2, -0.15) is 0 Å². The fourth-order valence-electron chi connectivity index (χ4n) is 2.43. The molecule has 1 amide bonds. The van der Waals surface area contributed by atoms with Crippen molar-refractivity contribution in [2.45, 2.75) is 20.8 Å². The summed E-state index contributed by atoms with van der Waals surface area (Å²) in [6, 6.07) is 11.6. The zero-order valence-electron chi connectivity index (χ0n) is 12.2. The molecule has 1 N–H and O–H groups in total. The van der Waals surface area contributed by atoms with Gasteiger partial charge in [0.1, 0.15) is 5.52 Å². The predicted octanol–water partition coefficient (Wildman–Crippen LogP) is 4.07. The minimum absolute atomic E-state index is 0.104. The van der Waals surface area contributed by atoms with E-state index < -0.39 is 0 Å². The number of aryl methyl sites for hydroxylation is 2. The Morgan fingerprint density at radius 2 is 1.81 bits per heavy atom. The van der Waals surface area contributed by atoms with Gasteiger partial charge in [-0.15, -0.1) is 0 Å². The Morgan fingerprint density at radius 3 is 2.48 bits per heavy atom. The van der Waals surface area contributed by atoms with Crippen LogP contribution in [-0.4, -0.2) is 10.9 Å². The molecule has 0 aliphatic carbocycles. The molecule has 3 rings (SSSR count). The Bertz CT molecular complexity index is 814. The Labute approximate surface area is 122 Å². The number of amides is 1. The highest BCUT2D eigenvalue weighted by atomic mass is 16.3. The molecule has 1 heterocycles. The zero-order valence-corrected chi connectivity index (χ0v) is 12.2. The summed E-state index contributed by atoms with van der Waals surface area (Å²) in [5.41, 5.74) is 5.46. The smallest absolute Gasteiger partial charge is 0.227 e. The summed E-state index contributed by atoms with van der Waals surface area (Å²) in [6.45, 7) is 5.58. The molecule has 0 saturated carbocycles. The first-order valence-corrected chi connectivity index (χ1v) is 6.78. The van der Waals surface area contributed by atoms with Crippen LogP contribution in [0.5, 0.6) is 0 Å². The molecule has 0 unspecified atom stereocenters. The van der Waals surface area contributed by atoms with Gasteiger partial charge in [-0.1, -0.05) is 17.2 Å². The van der Waals surface area contributed by atoms with Crippen LogP contribution in [0.2, 0.25) is 0 Å². The molecule has 106 valence electrons. The molecule has 0 fully saturated rings. The van der Waals surface area contributed by atoms with Gasteiger partial charge in [0, 0.05) is 18.2 Å². The lowest BCUT2D eigenvalue weighted by Crippen LogP contribution is -2.05. The lowest BCUT2D eigenvalue weighted by atomic mass is 10.1. The second-order valence-corrected chi connectivity index (χ2v) is 5.26. The average molecular weight is 280 g/mol. The summed E-state index contributed by atoms with van der Waals surface area (Å²) in [6.07, 6.45) is 0. The predicted molar refractivity (Wildman–Crippen MR) is 83.2 cm³/mol. The van der Waals surface area contributed by atoms with Crippen molar-refractivity contribution in [3.63, 3.8) is 0 Å². The number of carbonyl (C=O) groups excluding carboxylic acids is 1. The number of nitrogens with zero attached hydrogens (tertiary/aromatic N) is 1. The normalized spacial score (nSPS) is 10.8. The molecular formula is C17H16N2O2. The number of hydrogen-bond donors (Lipinski definition) is 1. The molecule has 4 heteroatoms. The second-order valence-electron chi connectivity index (χ2n) is 5.26. The minimum atomic E-state index is -0.104. The highest BCUT2D eigenvalue weighted by Crippen LogP contribution is 2.27. The Balaban J connectivity index is 2.06. The van der Waals surface area contributed by atoms with Crippen molar-refractivity contribution in [2.75, 3.05) is 5.32 Å². The highest BCUT2D eigenvalue weighted by Gasteiger charge is 2.10. The average Bonchev–Trinajstić information content (AvgIpc) is 2.80. The molecule has 21 heavy (non-hydrogen) atoms. The third-order valence-corrected chi connectivity index (χ3v) is 3.18. The topological polar surface area (TPSA) is 55.1 Å². The summed E-state index contributed by atoms with van der Waals surface area (Å²) in [5.74, 6) is 0.490. The number of anilines is 1. The molecule has 0 aliphatic rings. The van der Waals surface area contributed by atoms with Crippen molar-refractivity contribution in [3.05, 3.63) is 47.5 Å². The SMILES string of the molecule is CC(=O)Nc1ccc2oc(-c3cc(C)cc(C)c3)nc2c1. The molecule has 0 bridgehead atoms. The number of carbonyl (C=O) groups is 1. The summed E-state index contributed by atoms with van der Waals surface area (Å²) in [7, 11) is 0. The monoisotopic (exact) mass is 280 g/mol. The minimum Gasteiger partial charge on any atom is -0.436 e. The van der Waals surface area contributed by atoms with E-state index in [4.69, 9.17) is 4.42 Å². The van der Waals surface area contributed by atoms with Crippen LogP contribution in [0.3, 0.4) is 0 Å². The first kappa shape index (κ1) is 13.4. The maximum atomic E-state index is 11.1. The van der Waals surface area contributed by atoms with Crippen LogP contribution >= 0.6 is 0 Å². The van der Waals surface area contributed by atoms with Crippen LogP contribution in [-0.2, 0) is 4.79 Å². The molecule has 1 aromatic heterocycles. The zero-order chi connectivity index (χ0) is 15.0. The van der Waals surface area contributed by atoms with Crippen LogP contribution in [0.1, 0.15) is 18.1 Å². The Kier molecular flexibility index (Phi) is 3.22. The third-order valence-electron chi connectivity index (χ3n) is 3.18. The number of aromatic nitrogens is 1. The summed E-state index contributed by atoms with van der Waals surface area (Å²) < 4.78 is 5.80. The lowest BCUT2D eigenvalue weighted by Gasteiger charge is -2.00. The van der Waals surface area contributed by atoms with Crippen molar-refractivity contribution < 1.29 is 9.21 Å². The van der Waals surface area contributed by atoms with E-state index in [2.05, 4.69) is 16.4 Å². The molecule has 0 atom stereocenters. The molecular weight excluding hydrogens is 264 g/mol. The van der Waals surface area contributed by atoms with Gasteiger partial charge in [0.25, 0.3) is 0 Å². The fourth-order valence-corrected chi connectivity index (χ4v) is 2.43. The van der Waals surface area contributed by atoms with Crippen LogP contribution < -0.4 is 5.32 Å². The largest absolute Gasteiger partial charge is 0.436 e. The quantitative estimate of drug-likeness (QED) is 0.769. The summed E-state index contributed by atoms with van der Waals surface area (Å²) >= 11 is 0. The van der Waals surface area contributed by atoms with E-state index in [9.17, 15) is 4.79 Å². The van der Waals surface area contributed by atoms with Gasteiger partial charge < -0.3 is 9.73 Å². The van der Waals surface area contributed by atoms with E-state index in [1.54, 1.807) is 6.07 Å². The second kappa shape index (κ2) is 5.05. The molecule has 3 aromatic rings. The molecule has 0 radical (unpaired) electrons. The van der Waals surface area contributed by atoms with E-state index >= 15 is 0 Å². The molecule has 0 aliphatic heterocycles. The van der Waals surface area contributed by atoms with Gasteiger partial charge in [-0.05, 0) is 44.2 Å². The first-order chi connectivity index (χ1) is 10.0. The molecule has 2 aromatic carbocycles. The van der Waals surface area contributed by atoms with Crippen molar-refractivity contribution in [2.24, 2.45) is 0 Å². The van der Waals surface area contributed by atoms with Gasteiger partial charge in [-0.3, -0.25) is 4.79 Å².